The van der Waals surface area contributed by atoms with Gasteiger partial charge >= 0.3 is 0 Å². The largest absolute Gasteiger partial charge is 0.483 e. The van der Waals surface area contributed by atoms with Crippen molar-refractivity contribution in [3.8, 4) is 17.2 Å². The number of likely N-dealkylation sites (tertiary alicyclic amines) is 1. The summed E-state index contributed by atoms with van der Waals surface area (Å²) in [5.41, 5.74) is 4.70. The van der Waals surface area contributed by atoms with E-state index < -0.39 is 0 Å². The Bertz CT molecular complexity index is 1110. The second-order valence-electron chi connectivity index (χ2n) is 7.75. The van der Waals surface area contributed by atoms with Gasteiger partial charge in [0.2, 0.25) is 0 Å². The fourth-order valence-corrected chi connectivity index (χ4v) is 4.06. The molecular weight excluding hydrogens is 402 g/mol. The third-order valence-electron chi connectivity index (χ3n) is 5.57. The predicted molar refractivity (Wildman–Crippen MR) is 124 cm³/mol. The standard InChI is InChI=1S/C24H25N5.CH2O2/c1-2-6-22(7-3-1)29-23(12-13-26-29)24-25-14-17-28(24)19-21-10-8-20(9-11-21)18-27-15-4-5-16-27;2-1-3/h1-3,6-14,17H,4-5,15-16,18-19H2;1H,(H,2,3). The Kier molecular flexibility index (Phi) is 7.09. The predicted octanol–water partition coefficient (Wildman–Crippen LogP) is 4.08. The Balaban J connectivity index is 0.000000775. The van der Waals surface area contributed by atoms with Crippen LogP contribution in [0, 0.1) is 0 Å². The minimum atomic E-state index is -0.250. The van der Waals surface area contributed by atoms with Crippen molar-refractivity contribution in [1.82, 2.24) is 24.2 Å². The molecule has 0 saturated carbocycles. The average molecular weight is 430 g/mol. The average Bonchev–Trinajstić information content (AvgIpc) is 3.58. The van der Waals surface area contributed by atoms with Crippen molar-refractivity contribution in [2.24, 2.45) is 0 Å². The van der Waals surface area contributed by atoms with Gasteiger partial charge in [-0.1, -0.05) is 42.5 Å². The molecule has 7 heteroatoms. The Morgan fingerprint density at radius 2 is 1.53 bits per heavy atom. The molecule has 7 nitrogen and oxygen atoms in total. The highest BCUT2D eigenvalue weighted by molar-refractivity contribution is 5.54. The zero-order valence-corrected chi connectivity index (χ0v) is 17.9. The highest BCUT2D eigenvalue weighted by atomic mass is 16.3. The summed E-state index contributed by atoms with van der Waals surface area (Å²) in [6, 6.07) is 21.2. The van der Waals surface area contributed by atoms with Gasteiger partial charge in [0.05, 0.1) is 11.9 Å². The van der Waals surface area contributed by atoms with E-state index >= 15 is 0 Å². The van der Waals surface area contributed by atoms with Gasteiger partial charge in [-0.2, -0.15) is 5.10 Å². The fraction of sp³-hybridized carbons (Fsp3) is 0.240. The van der Waals surface area contributed by atoms with Crippen LogP contribution in [0.3, 0.4) is 0 Å². The maximum atomic E-state index is 8.36. The monoisotopic (exact) mass is 429 g/mol. The summed E-state index contributed by atoms with van der Waals surface area (Å²) in [7, 11) is 0. The van der Waals surface area contributed by atoms with Gasteiger partial charge in [-0.05, 0) is 55.3 Å². The lowest BCUT2D eigenvalue weighted by Crippen LogP contribution is -2.18. The topological polar surface area (TPSA) is 76.2 Å². The molecule has 0 unspecified atom stereocenters. The molecule has 0 amide bonds. The molecule has 2 aromatic carbocycles. The van der Waals surface area contributed by atoms with Crippen molar-refractivity contribution in [2.45, 2.75) is 25.9 Å². The van der Waals surface area contributed by atoms with Crippen molar-refractivity contribution in [2.75, 3.05) is 13.1 Å². The summed E-state index contributed by atoms with van der Waals surface area (Å²) in [6.07, 6.45) is 8.39. The van der Waals surface area contributed by atoms with Gasteiger partial charge < -0.3 is 9.67 Å². The van der Waals surface area contributed by atoms with Crippen LogP contribution in [0.4, 0.5) is 0 Å². The summed E-state index contributed by atoms with van der Waals surface area (Å²) in [6.45, 7) is 4.07. The van der Waals surface area contributed by atoms with Gasteiger partial charge in [0.25, 0.3) is 6.47 Å². The summed E-state index contributed by atoms with van der Waals surface area (Å²) in [4.78, 5) is 15.5. The van der Waals surface area contributed by atoms with E-state index in [0.29, 0.717) is 0 Å². The van der Waals surface area contributed by atoms with Crippen LogP contribution < -0.4 is 0 Å². The van der Waals surface area contributed by atoms with Gasteiger partial charge in [0.1, 0.15) is 5.69 Å². The first-order chi connectivity index (χ1) is 15.8. The lowest BCUT2D eigenvalue weighted by atomic mass is 10.1. The quantitative estimate of drug-likeness (QED) is 0.468. The van der Waals surface area contributed by atoms with Crippen molar-refractivity contribution in [3.05, 3.63) is 90.4 Å². The zero-order chi connectivity index (χ0) is 22.2. The zero-order valence-electron chi connectivity index (χ0n) is 17.9. The lowest BCUT2D eigenvalue weighted by molar-refractivity contribution is -0.122. The number of para-hydroxylation sites is 1. The first-order valence-corrected chi connectivity index (χ1v) is 10.8. The second kappa shape index (κ2) is 10.5. The molecule has 1 aliphatic rings. The first-order valence-electron chi connectivity index (χ1n) is 10.8. The Hall–Kier alpha value is -3.71. The van der Waals surface area contributed by atoms with Crippen molar-refractivity contribution in [1.29, 1.82) is 0 Å². The SMILES string of the molecule is O=CO.c1ccc(-n2nccc2-c2nccn2Cc2ccc(CN3CCCC3)cc2)cc1. The minimum Gasteiger partial charge on any atom is -0.483 e. The van der Waals surface area contributed by atoms with E-state index in [2.05, 4.69) is 55.9 Å². The molecule has 164 valence electrons. The van der Waals surface area contributed by atoms with Crippen molar-refractivity contribution >= 4 is 6.47 Å². The van der Waals surface area contributed by atoms with E-state index in [9.17, 15) is 0 Å². The van der Waals surface area contributed by atoms with Crippen LogP contribution >= 0.6 is 0 Å². The molecule has 32 heavy (non-hydrogen) atoms. The summed E-state index contributed by atoms with van der Waals surface area (Å²) in [5, 5.41) is 11.4. The smallest absolute Gasteiger partial charge is 0.290 e. The molecule has 0 atom stereocenters. The lowest BCUT2D eigenvalue weighted by Gasteiger charge is -2.15. The van der Waals surface area contributed by atoms with E-state index in [4.69, 9.17) is 9.90 Å². The number of benzene rings is 2. The number of carboxylic acid groups (broad SMARTS) is 1. The molecule has 4 aromatic rings. The maximum absolute atomic E-state index is 8.36. The van der Waals surface area contributed by atoms with Gasteiger partial charge in [0, 0.05) is 25.5 Å². The Labute approximate surface area is 187 Å². The second-order valence-corrected chi connectivity index (χ2v) is 7.75. The van der Waals surface area contributed by atoms with E-state index in [1.807, 2.05) is 47.5 Å². The molecule has 1 N–H and O–H groups in total. The number of imidazole rings is 1. The molecule has 2 aromatic heterocycles. The first kappa shape index (κ1) is 21.5. The number of hydrogen-bond acceptors (Lipinski definition) is 4. The highest BCUT2D eigenvalue weighted by Gasteiger charge is 2.14. The maximum Gasteiger partial charge on any atom is 0.290 e. The van der Waals surface area contributed by atoms with Crippen molar-refractivity contribution < 1.29 is 9.90 Å². The number of nitrogens with zero attached hydrogens (tertiary/aromatic N) is 5. The number of aromatic nitrogens is 4. The molecule has 1 fully saturated rings. The third-order valence-corrected chi connectivity index (χ3v) is 5.57. The van der Waals surface area contributed by atoms with Gasteiger partial charge in [0.15, 0.2) is 5.82 Å². The molecule has 1 aliphatic heterocycles. The molecule has 0 bridgehead atoms. The van der Waals surface area contributed by atoms with Crippen LogP contribution in [0.25, 0.3) is 17.2 Å². The molecular formula is C25H27N5O2. The van der Waals surface area contributed by atoms with Gasteiger partial charge in [-0.3, -0.25) is 9.69 Å². The minimum absolute atomic E-state index is 0.250. The number of carbonyl (C=O) groups is 1. The molecule has 1 saturated heterocycles. The molecule has 0 spiro atoms. The molecule has 5 rings (SSSR count). The third kappa shape index (κ3) is 5.12. The van der Waals surface area contributed by atoms with Crippen molar-refractivity contribution in [3.63, 3.8) is 0 Å². The molecule has 3 heterocycles. The number of rotatable bonds is 6. The van der Waals surface area contributed by atoms with Crippen LogP contribution in [-0.2, 0) is 17.9 Å². The summed E-state index contributed by atoms with van der Waals surface area (Å²) < 4.78 is 4.13. The van der Waals surface area contributed by atoms with Crippen LogP contribution in [0.15, 0.2) is 79.3 Å². The Morgan fingerprint density at radius 1 is 0.875 bits per heavy atom. The van der Waals surface area contributed by atoms with Gasteiger partial charge in [-0.25, -0.2) is 9.67 Å². The number of hydrogen-bond donors (Lipinski definition) is 1. The van der Waals surface area contributed by atoms with Crippen LogP contribution in [0.1, 0.15) is 24.0 Å². The van der Waals surface area contributed by atoms with Crippen LogP contribution in [0.2, 0.25) is 0 Å². The van der Waals surface area contributed by atoms with E-state index in [0.717, 1.165) is 30.3 Å². The molecule has 0 aliphatic carbocycles. The molecule has 0 radical (unpaired) electrons. The van der Waals surface area contributed by atoms with Gasteiger partial charge in [-0.15, -0.1) is 0 Å². The van der Waals surface area contributed by atoms with Crippen LogP contribution in [0.5, 0.6) is 0 Å². The summed E-state index contributed by atoms with van der Waals surface area (Å²) >= 11 is 0. The normalized spacial score (nSPS) is 13.5. The van der Waals surface area contributed by atoms with E-state index in [1.165, 1.54) is 37.1 Å². The Morgan fingerprint density at radius 3 is 2.22 bits per heavy atom. The van der Waals surface area contributed by atoms with E-state index in [1.54, 1.807) is 0 Å². The van der Waals surface area contributed by atoms with Crippen LogP contribution in [-0.4, -0.2) is 48.9 Å². The van der Waals surface area contributed by atoms with E-state index in [-0.39, 0.29) is 6.47 Å². The fourth-order valence-electron chi connectivity index (χ4n) is 4.06. The highest BCUT2D eigenvalue weighted by Crippen LogP contribution is 2.22. The summed E-state index contributed by atoms with van der Waals surface area (Å²) in [5.74, 6) is 0.924.